The third-order valence-electron chi connectivity index (χ3n) is 8.99. The molecule has 3 aromatic rings. The van der Waals surface area contributed by atoms with Gasteiger partial charge in [0.15, 0.2) is 0 Å². The molecule has 10 heteroatoms. The zero-order valence-corrected chi connectivity index (χ0v) is 27.1. The van der Waals surface area contributed by atoms with Crippen molar-refractivity contribution in [2.75, 3.05) is 49.3 Å². The van der Waals surface area contributed by atoms with Crippen molar-refractivity contribution in [2.24, 2.45) is 0 Å². The molecular weight excluding hydrogens is 576 g/mol. The molecule has 2 aliphatic rings. The minimum absolute atomic E-state index is 0.132. The minimum atomic E-state index is -2.51. The average molecular weight is 623 g/mol. The van der Waals surface area contributed by atoms with E-state index in [1.807, 2.05) is 32.9 Å². The second-order valence-electron chi connectivity index (χ2n) is 12.1. The molecule has 2 fully saturated rings. The number of ether oxygens (including phenoxy) is 1. The van der Waals surface area contributed by atoms with Crippen molar-refractivity contribution in [3.8, 4) is 11.1 Å². The maximum atomic E-state index is 13.8. The first-order chi connectivity index (χ1) is 21.0. The fraction of sp³-hybridized carbons (Fsp3) is 0.471. The molecule has 0 atom stereocenters. The summed E-state index contributed by atoms with van der Waals surface area (Å²) in [7, 11) is -2.51. The van der Waals surface area contributed by atoms with E-state index in [4.69, 9.17) is 4.74 Å². The van der Waals surface area contributed by atoms with Crippen LogP contribution in [0, 0.1) is 20.8 Å². The first kappa shape index (κ1) is 32.2. The summed E-state index contributed by atoms with van der Waals surface area (Å²) in [4.78, 5) is 33.9. The van der Waals surface area contributed by atoms with E-state index < -0.39 is 10.6 Å². The molecule has 1 aromatic heterocycles. The zero-order valence-electron chi connectivity index (χ0n) is 26.3. The van der Waals surface area contributed by atoms with Crippen LogP contribution in [0.4, 0.5) is 5.69 Å². The van der Waals surface area contributed by atoms with Gasteiger partial charge in [-0.3, -0.25) is 23.6 Å². The maximum Gasteiger partial charge on any atom is 0.253 e. The lowest BCUT2D eigenvalue weighted by Crippen LogP contribution is -2.41. The number of benzene rings is 2. The third-order valence-corrected chi connectivity index (χ3v) is 10.8. The van der Waals surface area contributed by atoms with E-state index in [0.717, 1.165) is 73.0 Å². The smallest absolute Gasteiger partial charge is 0.253 e. The molecule has 0 spiro atoms. The van der Waals surface area contributed by atoms with Gasteiger partial charge < -0.3 is 19.9 Å². The summed E-state index contributed by atoms with van der Waals surface area (Å²) < 4.78 is 26.0. The molecule has 1 amide bonds. The zero-order chi connectivity index (χ0) is 31.4. The monoisotopic (exact) mass is 622 g/mol. The first-order valence-electron chi connectivity index (χ1n) is 15.6. The van der Waals surface area contributed by atoms with Gasteiger partial charge in [-0.25, -0.2) is 0 Å². The average Bonchev–Trinajstić information content (AvgIpc) is 2.99. The van der Waals surface area contributed by atoms with E-state index in [0.29, 0.717) is 35.5 Å². The number of carbonyl (C=O) groups excluding carboxylic acids is 1. The van der Waals surface area contributed by atoms with Crippen LogP contribution in [0.3, 0.4) is 0 Å². The fourth-order valence-electron chi connectivity index (χ4n) is 6.42. The highest BCUT2D eigenvalue weighted by atomic mass is 32.3. The van der Waals surface area contributed by atoms with Crippen molar-refractivity contribution in [3.05, 3.63) is 86.3 Å². The van der Waals surface area contributed by atoms with Crippen LogP contribution in [0.15, 0.2) is 47.3 Å². The Morgan fingerprint density at radius 3 is 2.36 bits per heavy atom. The van der Waals surface area contributed by atoms with Crippen LogP contribution in [-0.4, -0.2) is 75.3 Å². The first-order valence-corrected chi connectivity index (χ1v) is 17.4. The second-order valence-corrected chi connectivity index (χ2v) is 14.5. The molecule has 9 nitrogen and oxygen atoms in total. The molecule has 3 heterocycles. The number of aryl methyl sites for hydroxylation is 2. The molecule has 44 heavy (non-hydrogen) atoms. The molecule has 0 saturated carbocycles. The van der Waals surface area contributed by atoms with Gasteiger partial charge in [0.05, 0.1) is 13.2 Å². The van der Waals surface area contributed by atoms with E-state index in [2.05, 4.69) is 57.4 Å². The van der Waals surface area contributed by atoms with Gasteiger partial charge in [0.1, 0.15) is 0 Å². The predicted octanol–water partition coefficient (Wildman–Crippen LogP) is 5.47. The number of morpholine rings is 1. The molecule has 5 rings (SSSR count). The van der Waals surface area contributed by atoms with Crippen LogP contribution < -0.4 is 15.8 Å². The summed E-state index contributed by atoms with van der Waals surface area (Å²) in [6.45, 7) is 12.9. The lowest BCUT2D eigenvalue weighted by Gasteiger charge is -2.44. The van der Waals surface area contributed by atoms with Crippen molar-refractivity contribution >= 4 is 22.2 Å². The van der Waals surface area contributed by atoms with Gasteiger partial charge >= 0.3 is 0 Å². The van der Waals surface area contributed by atoms with E-state index in [1.54, 1.807) is 0 Å². The number of rotatable bonds is 9. The Labute approximate surface area is 262 Å². The molecule has 0 aliphatic carbocycles. The SMILES string of the molecule is CCN(c1cc(-c2ccc(CN3CCOCC3)cc2)cc(C(=O)NCc2c(C)cc(C)[nH]c2=O)c1C)C1CCS(O)(O)CC1. The van der Waals surface area contributed by atoms with Gasteiger partial charge in [-0.2, -0.15) is 10.6 Å². The van der Waals surface area contributed by atoms with Crippen molar-refractivity contribution < 1.29 is 18.6 Å². The Balaban J connectivity index is 1.47. The molecule has 2 aromatic carbocycles. The standard InChI is InChI=1S/C34H46N4O5S/c1-5-38(29-10-16-44(41,42)17-11-29)32-20-28(27-8-6-26(7-9-27)22-37-12-14-43-15-13-37)19-30(25(32)4)33(39)35-21-31-23(2)18-24(3)36-34(31)40/h6-9,18-20,29,41-42H,5,10-17,21-22H2,1-4H3,(H,35,39)(H,36,40). The third kappa shape index (κ3) is 7.55. The Morgan fingerprint density at radius 1 is 1.05 bits per heavy atom. The molecule has 0 bridgehead atoms. The van der Waals surface area contributed by atoms with Crippen LogP contribution in [0.5, 0.6) is 0 Å². The summed E-state index contributed by atoms with van der Waals surface area (Å²) in [5.41, 5.74) is 7.58. The topological polar surface area (TPSA) is 118 Å². The fourth-order valence-corrected chi connectivity index (χ4v) is 7.92. The summed E-state index contributed by atoms with van der Waals surface area (Å²) in [6.07, 6.45) is 1.38. The highest BCUT2D eigenvalue weighted by Crippen LogP contribution is 2.46. The summed E-state index contributed by atoms with van der Waals surface area (Å²) >= 11 is 0. The van der Waals surface area contributed by atoms with E-state index in [-0.39, 0.29) is 24.1 Å². The van der Waals surface area contributed by atoms with Gasteiger partial charge in [-0.15, -0.1) is 0 Å². The second kappa shape index (κ2) is 13.9. The number of carbonyl (C=O) groups is 1. The molecule has 0 radical (unpaired) electrons. The quantitative estimate of drug-likeness (QED) is 0.250. The van der Waals surface area contributed by atoms with E-state index >= 15 is 0 Å². The van der Waals surface area contributed by atoms with Crippen molar-refractivity contribution in [1.82, 2.24) is 15.2 Å². The van der Waals surface area contributed by atoms with Crippen LogP contribution in [-0.2, 0) is 17.8 Å². The number of aromatic nitrogens is 1. The molecular formula is C34H46N4O5S. The van der Waals surface area contributed by atoms with Crippen LogP contribution in [0.25, 0.3) is 11.1 Å². The minimum Gasteiger partial charge on any atom is -0.379 e. The van der Waals surface area contributed by atoms with Crippen LogP contribution in [0.1, 0.15) is 58.1 Å². The van der Waals surface area contributed by atoms with Crippen molar-refractivity contribution in [3.63, 3.8) is 0 Å². The molecule has 238 valence electrons. The normalized spacial score (nSPS) is 18.1. The predicted molar refractivity (Wildman–Crippen MR) is 179 cm³/mol. The van der Waals surface area contributed by atoms with Crippen molar-refractivity contribution in [1.29, 1.82) is 0 Å². The van der Waals surface area contributed by atoms with Crippen LogP contribution in [0.2, 0.25) is 0 Å². The van der Waals surface area contributed by atoms with E-state index in [1.165, 1.54) is 5.56 Å². The Hall–Kier alpha value is -3.15. The highest BCUT2D eigenvalue weighted by Gasteiger charge is 2.29. The number of hydrogen-bond donors (Lipinski definition) is 4. The highest BCUT2D eigenvalue weighted by molar-refractivity contribution is 8.24. The molecule has 2 saturated heterocycles. The summed E-state index contributed by atoms with van der Waals surface area (Å²) in [6, 6.07) is 14.7. The lowest BCUT2D eigenvalue weighted by atomic mass is 9.95. The van der Waals surface area contributed by atoms with Gasteiger partial charge in [0, 0.05) is 72.8 Å². The summed E-state index contributed by atoms with van der Waals surface area (Å²) in [5, 5.41) is 3.01. The number of hydrogen-bond acceptors (Lipinski definition) is 7. The van der Waals surface area contributed by atoms with Crippen LogP contribution >= 0.6 is 10.6 Å². The van der Waals surface area contributed by atoms with Crippen molar-refractivity contribution in [2.45, 2.75) is 59.7 Å². The molecule has 4 N–H and O–H groups in total. The van der Waals surface area contributed by atoms with E-state index in [9.17, 15) is 18.7 Å². The van der Waals surface area contributed by atoms with Gasteiger partial charge in [-0.05, 0) is 86.6 Å². The Morgan fingerprint density at radius 2 is 1.73 bits per heavy atom. The van der Waals surface area contributed by atoms with Gasteiger partial charge in [0.2, 0.25) is 0 Å². The summed E-state index contributed by atoms with van der Waals surface area (Å²) in [5.74, 6) is 0.563. The Kier molecular flexibility index (Phi) is 10.2. The number of H-pyrrole nitrogens is 1. The number of nitrogens with zero attached hydrogens (tertiary/aromatic N) is 2. The molecule has 2 aliphatic heterocycles. The van der Waals surface area contributed by atoms with Gasteiger partial charge in [-0.1, -0.05) is 24.3 Å². The number of aromatic amines is 1. The largest absolute Gasteiger partial charge is 0.379 e. The number of amides is 1. The number of anilines is 1. The maximum absolute atomic E-state index is 13.8. The lowest BCUT2D eigenvalue weighted by molar-refractivity contribution is 0.0342. The number of nitrogens with one attached hydrogen (secondary N) is 2. The number of pyridine rings is 1. The van der Waals surface area contributed by atoms with Gasteiger partial charge in [0.25, 0.3) is 11.5 Å². The molecule has 0 unspecified atom stereocenters. The Bertz CT molecular complexity index is 1520.